The van der Waals surface area contributed by atoms with Crippen LogP contribution in [-0.4, -0.2) is 100 Å². The minimum Gasteiger partial charge on any atom is -0.463 e. The highest BCUT2D eigenvalue weighted by atomic mass is 35.5. The number of rotatable bonds is 13. The van der Waals surface area contributed by atoms with E-state index in [0.29, 0.717) is 10.5 Å². The van der Waals surface area contributed by atoms with E-state index in [-0.39, 0.29) is 40.3 Å². The van der Waals surface area contributed by atoms with Gasteiger partial charge in [0.05, 0.1) is 31.7 Å². The molecule has 59 heavy (non-hydrogen) atoms. The maximum Gasteiger partial charge on any atom is 0.425 e. The fourth-order valence-electron chi connectivity index (χ4n) is 5.91. The van der Waals surface area contributed by atoms with Gasteiger partial charge in [-0.2, -0.15) is 14.9 Å². The third-order valence-electron chi connectivity index (χ3n) is 9.71. The van der Waals surface area contributed by atoms with Gasteiger partial charge in [0.1, 0.15) is 17.3 Å². The number of azide groups is 1. The Bertz CT molecular complexity index is 2050. The van der Waals surface area contributed by atoms with Crippen molar-refractivity contribution in [3.63, 3.8) is 0 Å². The third-order valence-corrected chi connectivity index (χ3v) is 14.4. The van der Waals surface area contributed by atoms with E-state index in [2.05, 4.69) is 25.0 Å². The van der Waals surface area contributed by atoms with E-state index < -0.39 is 80.1 Å². The minimum absolute atomic E-state index is 0.000823. The number of aromatic nitrogens is 4. The summed E-state index contributed by atoms with van der Waals surface area (Å²) < 4.78 is 37.9. The minimum atomic E-state index is -2.72. The molecule has 1 aliphatic rings. The second-order valence-corrected chi connectivity index (χ2v) is 22.7. The van der Waals surface area contributed by atoms with Gasteiger partial charge in [-0.05, 0) is 96.2 Å². The first kappa shape index (κ1) is 47.0. The number of ether oxygens (including phenoxy) is 5. The SMILES string of the molecule is CCOC(=O)C(Cc1ccccc1)(OC[C@H]1O[C@@H](n2cnc3c(N(C(=O)OC(C)(C)C)C(=O)OC(C)(C)C)nc(Cl)nc32)[C@H](O[Si](C)(C)C(C)(C)C)[C@@H]1N=[N+]=[N-])C(C)=O. The lowest BCUT2D eigenvalue weighted by Crippen LogP contribution is -2.53. The molecular formula is C39H55ClN8O10Si. The number of Topliss-reactive ketones (excluding diaryl/α,β-unsaturated/α-hetero) is 1. The van der Waals surface area contributed by atoms with E-state index in [9.17, 15) is 24.7 Å². The van der Waals surface area contributed by atoms with E-state index >= 15 is 0 Å². The zero-order chi connectivity index (χ0) is 44.3. The number of carbonyl (C=O) groups excluding carboxylic acids is 4. The number of imide groups is 1. The zero-order valence-electron chi connectivity index (χ0n) is 35.9. The molecule has 1 aliphatic heterocycles. The van der Waals surface area contributed by atoms with Gasteiger partial charge in [0.2, 0.25) is 10.9 Å². The Morgan fingerprint density at radius 3 is 2.08 bits per heavy atom. The maximum absolute atomic E-state index is 13.7. The highest BCUT2D eigenvalue weighted by Crippen LogP contribution is 2.44. The summed E-state index contributed by atoms with van der Waals surface area (Å²) in [5.74, 6) is -1.84. The Labute approximate surface area is 349 Å². The molecule has 0 aliphatic carbocycles. The van der Waals surface area contributed by atoms with Gasteiger partial charge in [-0.25, -0.2) is 19.4 Å². The van der Waals surface area contributed by atoms with Crippen molar-refractivity contribution >= 4 is 60.8 Å². The molecule has 0 saturated carbocycles. The van der Waals surface area contributed by atoms with Gasteiger partial charge in [0.25, 0.3) is 0 Å². The van der Waals surface area contributed by atoms with Crippen molar-refractivity contribution in [2.45, 2.75) is 142 Å². The van der Waals surface area contributed by atoms with Crippen LogP contribution >= 0.6 is 11.6 Å². The van der Waals surface area contributed by atoms with Crippen LogP contribution in [0.2, 0.25) is 23.4 Å². The lowest BCUT2D eigenvalue weighted by atomic mass is 9.90. The summed E-state index contributed by atoms with van der Waals surface area (Å²) in [5.41, 5.74) is 6.35. The number of amides is 2. The Balaban J connectivity index is 1.90. The molecule has 2 amide bonds. The van der Waals surface area contributed by atoms with Crippen molar-refractivity contribution in [2.24, 2.45) is 5.11 Å². The molecule has 0 N–H and O–H groups in total. The number of imidazole rings is 1. The number of anilines is 1. The van der Waals surface area contributed by atoms with Crippen LogP contribution < -0.4 is 4.90 Å². The van der Waals surface area contributed by atoms with Gasteiger partial charge in [0, 0.05) is 11.3 Å². The van der Waals surface area contributed by atoms with E-state index in [0.717, 1.165) is 0 Å². The number of ketones is 1. The molecule has 5 atom stereocenters. The first-order chi connectivity index (χ1) is 27.2. The number of nitrogens with zero attached hydrogens (tertiary/aromatic N) is 8. The van der Waals surface area contributed by atoms with Crippen molar-refractivity contribution in [3.8, 4) is 0 Å². The van der Waals surface area contributed by atoms with Crippen LogP contribution in [0.3, 0.4) is 0 Å². The molecule has 1 saturated heterocycles. The average Bonchev–Trinajstić information content (AvgIpc) is 3.65. The Hall–Kier alpha value is -4.65. The highest BCUT2D eigenvalue weighted by molar-refractivity contribution is 6.74. The van der Waals surface area contributed by atoms with Crippen LogP contribution in [0.5, 0.6) is 0 Å². The smallest absolute Gasteiger partial charge is 0.425 e. The first-order valence-corrected chi connectivity index (χ1v) is 22.4. The topological polar surface area (TPSA) is 219 Å². The summed E-state index contributed by atoms with van der Waals surface area (Å²) in [6, 6.07) is 7.76. The van der Waals surface area contributed by atoms with Crippen LogP contribution in [0.1, 0.15) is 88.0 Å². The normalized spacial score (nSPS) is 19.7. The third kappa shape index (κ3) is 10.9. The molecule has 20 heteroatoms. The largest absolute Gasteiger partial charge is 0.463 e. The molecule has 0 radical (unpaired) electrons. The molecule has 0 spiro atoms. The predicted molar refractivity (Wildman–Crippen MR) is 220 cm³/mol. The van der Waals surface area contributed by atoms with Gasteiger partial charge in [-0.1, -0.05) is 56.2 Å². The number of hydrogen-bond donors (Lipinski definition) is 0. The van der Waals surface area contributed by atoms with Crippen LogP contribution in [0.4, 0.5) is 15.4 Å². The summed E-state index contributed by atoms with van der Waals surface area (Å²) in [6.45, 7) is 22.3. The summed E-state index contributed by atoms with van der Waals surface area (Å²) in [7, 11) is -2.72. The van der Waals surface area contributed by atoms with Gasteiger partial charge in [0.15, 0.2) is 37.3 Å². The van der Waals surface area contributed by atoms with Crippen LogP contribution in [-0.2, 0) is 44.1 Å². The van der Waals surface area contributed by atoms with Gasteiger partial charge >= 0.3 is 18.2 Å². The zero-order valence-corrected chi connectivity index (χ0v) is 37.7. The van der Waals surface area contributed by atoms with E-state index in [1.165, 1.54) is 17.8 Å². The van der Waals surface area contributed by atoms with E-state index in [1.807, 2.05) is 33.9 Å². The van der Waals surface area contributed by atoms with Crippen LogP contribution in [0.25, 0.3) is 21.6 Å². The number of carbonyl (C=O) groups is 4. The molecule has 322 valence electrons. The van der Waals surface area contributed by atoms with Gasteiger partial charge in [-0.15, -0.1) is 0 Å². The summed E-state index contributed by atoms with van der Waals surface area (Å²) in [4.78, 5) is 71.3. The maximum atomic E-state index is 13.7. The quantitative estimate of drug-likeness (QED) is 0.0231. The molecule has 1 aromatic carbocycles. The number of esters is 1. The molecule has 3 heterocycles. The standard InChI is InChI=1S/C39H55ClN8O10Si/c1-14-53-32(50)39(23(2)49,20-24-18-16-15-17-19-24)54-21-25-26(45-46-41)28(58-59(12,13)38(9,10)11)31(55-25)47-22-42-27-29(47)43-33(40)44-30(27)48(34(51)56-36(3,4)5)35(52)57-37(6,7)8/h15-19,22,25-26,28,31H,14,20-21H2,1-13H3/t25-,26-,28-,31-,39?/m1/s1. The van der Waals surface area contributed by atoms with Crippen molar-refractivity contribution in [1.82, 2.24) is 19.5 Å². The Morgan fingerprint density at radius 2 is 1.58 bits per heavy atom. The van der Waals surface area contributed by atoms with Crippen molar-refractivity contribution in [2.75, 3.05) is 18.1 Å². The Morgan fingerprint density at radius 1 is 0.983 bits per heavy atom. The van der Waals surface area contributed by atoms with Crippen LogP contribution in [0.15, 0.2) is 41.8 Å². The average molecular weight is 859 g/mol. The molecule has 4 rings (SSSR count). The van der Waals surface area contributed by atoms with E-state index in [4.69, 9.17) is 39.7 Å². The van der Waals surface area contributed by atoms with Crippen molar-refractivity contribution in [1.29, 1.82) is 0 Å². The summed E-state index contributed by atoms with van der Waals surface area (Å²) in [6.07, 6.45) is -4.37. The molecule has 18 nitrogen and oxygen atoms in total. The summed E-state index contributed by atoms with van der Waals surface area (Å²) in [5, 5.41) is 3.41. The number of fused-ring (bicyclic) bond motifs is 1. The summed E-state index contributed by atoms with van der Waals surface area (Å²) >= 11 is 6.52. The number of benzene rings is 1. The fraction of sp³-hybridized carbons (Fsp3) is 0.615. The highest BCUT2D eigenvalue weighted by Gasteiger charge is 2.54. The lowest BCUT2D eigenvalue weighted by molar-refractivity contribution is -0.181. The monoisotopic (exact) mass is 858 g/mol. The second-order valence-electron chi connectivity index (χ2n) is 17.6. The molecular weight excluding hydrogens is 804 g/mol. The fourth-order valence-corrected chi connectivity index (χ4v) is 7.36. The first-order valence-electron chi connectivity index (χ1n) is 19.1. The molecule has 1 unspecified atom stereocenters. The van der Waals surface area contributed by atoms with E-state index in [1.54, 1.807) is 78.8 Å². The molecule has 1 fully saturated rings. The van der Waals surface area contributed by atoms with Crippen molar-refractivity contribution < 1.29 is 47.3 Å². The number of halogens is 1. The van der Waals surface area contributed by atoms with Gasteiger partial charge in [-0.3, -0.25) is 9.36 Å². The molecule has 0 bridgehead atoms. The molecule has 2 aromatic heterocycles. The van der Waals surface area contributed by atoms with Crippen molar-refractivity contribution in [3.05, 3.63) is 57.9 Å². The molecule has 3 aromatic rings. The van der Waals surface area contributed by atoms with Crippen LogP contribution in [0, 0.1) is 0 Å². The second kappa shape index (κ2) is 17.9. The predicted octanol–water partition coefficient (Wildman–Crippen LogP) is 8.27. The Kier molecular flexibility index (Phi) is 14.3. The number of hydrogen-bond acceptors (Lipinski definition) is 14. The van der Waals surface area contributed by atoms with Gasteiger partial charge < -0.3 is 28.1 Å². The lowest BCUT2D eigenvalue weighted by Gasteiger charge is -2.40.